The zero-order valence-corrected chi connectivity index (χ0v) is 22.6. The first-order valence-electron chi connectivity index (χ1n) is 13.1. The van der Waals surface area contributed by atoms with Gasteiger partial charge in [-0.05, 0) is 78.8 Å². The Morgan fingerprint density at radius 2 is 1.66 bits per heavy atom. The third-order valence-electron chi connectivity index (χ3n) is 6.99. The Hall–Kier alpha value is -3.51. The summed E-state index contributed by atoms with van der Waals surface area (Å²) in [5, 5.41) is 26.2. The summed E-state index contributed by atoms with van der Waals surface area (Å²) in [6, 6.07) is 28.2. The number of β-amino-alcohol motifs (C(OH)–C–C–N with tert-alkyl or cyclic N) is 1. The molecular weight excluding hydrogens is 474 g/mol. The highest BCUT2D eigenvalue weighted by Gasteiger charge is 2.21. The number of hydrogen-bond donors (Lipinski definition) is 3. The van der Waals surface area contributed by atoms with Crippen molar-refractivity contribution in [2.24, 2.45) is 0 Å². The number of aryl methyl sites for hydroxylation is 1. The molecule has 198 valence electrons. The second kappa shape index (κ2) is 11.9. The van der Waals surface area contributed by atoms with E-state index in [0.29, 0.717) is 12.1 Å². The number of hydrogen-bond acceptors (Lipinski definition) is 4. The van der Waals surface area contributed by atoms with E-state index in [0.717, 1.165) is 28.7 Å². The minimum Gasteiger partial charge on any atom is -0.478 e. The minimum absolute atomic E-state index is 0.183. The van der Waals surface area contributed by atoms with Crippen molar-refractivity contribution in [2.75, 3.05) is 13.2 Å². The summed E-state index contributed by atoms with van der Waals surface area (Å²) in [7, 11) is 0. The summed E-state index contributed by atoms with van der Waals surface area (Å²) >= 11 is 0. The molecule has 0 aliphatic carbocycles. The van der Waals surface area contributed by atoms with Gasteiger partial charge in [-0.3, -0.25) is 0 Å². The lowest BCUT2D eigenvalue weighted by molar-refractivity contribution is -0.00397. The van der Waals surface area contributed by atoms with Crippen LogP contribution in [0.4, 0.5) is 0 Å². The van der Waals surface area contributed by atoms with Crippen LogP contribution in [0.25, 0.3) is 21.9 Å². The molecule has 0 spiro atoms. The molecule has 4 aromatic carbocycles. The maximum absolute atomic E-state index is 11.6. The predicted molar refractivity (Wildman–Crippen MR) is 154 cm³/mol. The summed E-state index contributed by atoms with van der Waals surface area (Å²) < 4.78 is 6.08. The van der Waals surface area contributed by atoms with E-state index in [4.69, 9.17) is 4.74 Å². The van der Waals surface area contributed by atoms with Gasteiger partial charge in [-0.1, -0.05) is 78.9 Å². The topological polar surface area (TPSA) is 78.8 Å². The Morgan fingerprint density at radius 3 is 2.42 bits per heavy atom. The average molecular weight is 512 g/mol. The van der Waals surface area contributed by atoms with Crippen molar-refractivity contribution in [3.05, 3.63) is 107 Å². The van der Waals surface area contributed by atoms with E-state index in [-0.39, 0.29) is 18.2 Å². The normalized spacial score (nSPS) is 13.4. The maximum Gasteiger partial charge on any atom is 0.335 e. The molecule has 4 aromatic rings. The Kier molecular flexibility index (Phi) is 8.62. The van der Waals surface area contributed by atoms with Gasteiger partial charge in [0.2, 0.25) is 0 Å². The average Bonchev–Trinajstić information content (AvgIpc) is 2.90. The van der Waals surface area contributed by atoms with Gasteiger partial charge in [-0.15, -0.1) is 0 Å². The molecule has 0 saturated heterocycles. The number of benzene rings is 4. The highest BCUT2D eigenvalue weighted by molar-refractivity contribution is 5.91. The van der Waals surface area contributed by atoms with Crippen LogP contribution in [0, 0.1) is 6.92 Å². The predicted octanol–water partition coefficient (Wildman–Crippen LogP) is 6.56. The number of carboxylic acid groups (broad SMARTS) is 1. The van der Waals surface area contributed by atoms with E-state index in [1.807, 2.05) is 49.4 Å². The zero-order valence-electron chi connectivity index (χ0n) is 22.6. The van der Waals surface area contributed by atoms with Gasteiger partial charge in [0.05, 0.1) is 24.4 Å². The molecule has 0 aliphatic rings. The third-order valence-corrected chi connectivity index (χ3v) is 6.99. The number of ether oxygens (including phenoxy) is 1. The standard InChI is InChI=1S/C33H37NO4/c1-22-13-15-27(18-31(22)32(36)37)30-12-8-7-11-29(30)23(2)38-21-28(35)20-34-33(3,4)19-24-14-16-25-9-5-6-10-26(25)17-24/h5-18,23,28,34-35H,19-21H2,1-4H3,(H,36,37)/t23?,28-/m1/s1. The highest BCUT2D eigenvalue weighted by Crippen LogP contribution is 2.31. The van der Waals surface area contributed by atoms with Gasteiger partial charge >= 0.3 is 5.97 Å². The van der Waals surface area contributed by atoms with Gasteiger partial charge in [-0.2, -0.15) is 0 Å². The molecule has 1 unspecified atom stereocenters. The van der Waals surface area contributed by atoms with Crippen LogP contribution >= 0.6 is 0 Å². The third kappa shape index (κ3) is 6.87. The second-order valence-electron chi connectivity index (χ2n) is 10.7. The number of carbonyl (C=O) groups is 1. The summed E-state index contributed by atoms with van der Waals surface area (Å²) in [4.78, 5) is 11.6. The molecule has 4 rings (SSSR count). The van der Waals surface area contributed by atoms with E-state index in [9.17, 15) is 15.0 Å². The quantitative estimate of drug-likeness (QED) is 0.212. The number of rotatable bonds is 11. The van der Waals surface area contributed by atoms with Crippen LogP contribution < -0.4 is 5.32 Å². The lowest BCUT2D eigenvalue weighted by atomic mass is 9.93. The summed E-state index contributed by atoms with van der Waals surface area (Å²) in [5.41, 5.74) is 4.77. The molecule has 38 heavy (non-hydrogen) atoms. The van der Waals surface area contributed by atoms with Crippen molar-refractivity contribution >= 4 is 16.7 Å². The Labute approximate surface area is 225 Å². The highest BCUT2D eigenvalue weighted by atomic mass is 16.5. The van der Waals surface area contributed by atoms with Crippen molar-refractivity contribution in [2.45, 2.75) is 51.9 Å². The number of aliphatic hydroxyl groups is 1. The van der Waals surface area contributed by atoms with Crippen molar-refractivity contribution in [1.82, 2.24) is 5.32 Å². The van der Waals surface area contributed by atoms with Crippen LogP contribution in [-0.4, -0.2) is 41.0 Å². The molecule has 0 aliphatic heterocycles. The van der Waals surface area contributed by atoms with E-state index in [1.54, 1.807) is 13.0 Å². The van der Waals surface area contributed by atoms with Gasteiger partial charge in [0.25, 0.3) is 0 Å². The van der Waals surface area contributed by atoms with Crippen LogP contribution in [0.5, 0.6) is 0 Å². The van der Waals surface area contributed by atoms with Crippen LogP contribution in [-0.2, 0) is 11.2 Å². The molecular formula is C33H37NO4. The van der Waals surface area contributed by atoms with Crippen LogP contribution in [0.2, 0.25) is 0 Å². The van der Waals surface area contributed by atoms with Crippen molar-refractivity contribution < 1.29 is 19.7 Å². The molecule has 2 atom stereocenters. The lowest BCUT2D eigenvalue weighted by Crippen LogP contribution is -2.46. The lowest BCUT2D eigenvalue weighted by Gasteiger charge is -2.28. The minimum atomic E-state index is -0.940. The number of fused-ring (bicyclic) bond motifs is 1. The molecule has 0 fully saturated rings. The van der Waals surface area contributed by atoms with Gasteiger partial charge in [0.1, 0.15) is 0 Å². The fraction of sp³-hybridized carbons (Fsp3) is 0.303. The summed E-state index contributed by atoms with van der Waals surface area (Å²) in [6.07, 6.45) is -0.108. The first kappa shape index (κ1) is 27.5. The van der Waals surface area contributed by atoms with Gasteiger partial charge in [0.15, 0.2) is 0 Å². The molecule has 0 bridgehead atoms. The van der Waals surface area contributed by atoms with E-state index in [2.05, 4.69) is 55.6 Å². The molecule has 0 radical (unpaired) electrons. The number of carboxylic acids is 1. The SMILES string of the molecule is Cc1ccc(-c2ccccc2C(C)OC[C@H](O)CNC(C)(C)Cc2ccc3ccccc3c2)cc1C(=O)O. The molecule has 5 nitrogen and oxygen atoms in total. The number of nitrogens with one attached hydrogen (secondary N) is 1. The zero-order chi connectivity index (χ0) is 27.3. The Balaban J connectivity index is 1.35. The first-order chi connectivity index (χ1) is 18.1. The first-order valence-corrected chi connectivity index (χ1v) is 13.1. The molecule has 5 heteroatoms. The molecule has 0 aromatic heterocycles. The smallest absolute Gasteiger partial charge is 0.335 e. The number of aromatic carboxylic acids is 1. The van der Waals surface area contributed by atoms with Gasteiger partial charge < -0.3 is 20.3 Å². The number of aliphatic hydroxyl groups excluding tert-OH is 1. The largest absolute Gasteiger partial charge is 0.478 e. The van der Waals surface area contributed by atoms with E-state index in [1.165, 1.54) is 16.3 Å². The Morgan fingerprint density at radius 1 is 0.947 bits per heavy atom. The molecule has 0 amide bonds. The molecule has 0 heterocycles. The van der Waals surface area contributed by atoms with E-state index < -0.39 is 12.1 Å². The maximum atomic E-state index is 11.6. The van der Waals surface area contributed by atoms with Crippen LogP contribution in [0.1, 0.15) is 53.9 Å². The van der Waals surface area contributed by atoms with E-state index >= 15 is 0 Å². The fourth-order valence-electron chi connectivity index (χ4n) is 4.85. The summed E-state index contributed by atoms with van der Waals surface area (Å²) in [5.74, 6) is -0.940. The van der Waals surface area contributed by atoms with Crippen molar-refractivity contribution in [3.8, 4) is 11.1 Å². The summed E-state index contributed by atoms with van der Waals surface area (Å²) in [6.45, 7) is 8.62. The Bertz CT molecular complexity index is 1410. The van der Waals surface area contributed by atoms with Crippen LogP contribution in [0.15, 0.2) is 84.9 Å². The van der Waals surface area contributed by atoms with Crippen molar-refractivity contribution in [1.29, 1.82) is 0 Å². The monoisotopic (exact) mass is 511 g/mol. The van der Waals surface area contributed by atoms with Gasteiger partial charge in [-0.25, -0.2) is 4.79 Å². The molecule has 0 saturated carbocycles. The van der Waals surface area contributed by atoms with Gasteiger partial charge in [0, 0.05) is 12.1 Å². The fourth-order valence-corrected chi connectivity index (χ4v) is 4.85. The second-order valence-corrected chi connectivity index (χ2v) is 10.7. The molecule has 3 N–H and O–H groups in total. The van der Waals surface area contributed by atoms with Crippen LogP contribution in [0.3, 0.4) is 0 Å². The van der Waals surface area contributed by atoms with Crippen molar-refractivity contribution in [3.63, 3.8) is 0 Å².